The van der Waals surface area contributed by atoms with Gasteiger partial charge in [0.15, 0.2) is 5.75 Å². The third-order valence-electron chi connectivity index (χ3n) is 2.34. The van der Waals surface area contributed by atoms with Crippen molar-refractivity contribution in [2.24, 2.45) is 0 Å². The topological polar surface area (TPSA) is 64.4 Å². The van der Waals surface area contributed by atoms with Gasteiger partial charge in [0.05, 0.1) is 4.92 Å². The summed E-state index contributed by atoms with van der Waals surface area (Å²) in [7, 11) is 0. The van der Waals surface area contributed by atoms with E-state index in [0.29, 0.717) is 18.9 Å². The molecule has 1 rings (SSSR count). The summed E-state index contributed by atoms with van der Waals surface area (Å²) in [5.41, 5.74) is 0.815. The molecule has 0 unspecified atom stereocenters. The first-order chi connectivity index (χ1) is 8.16. The molecule has 0 aromatic heterocycles. The van der Waals surface area contributed by atoms with Crippen LogP contribution in [0, 0.1) is 17.0 Å². The second-order valence-corrected chi connectivity index (χ2v) is 3.78. The lowest BCUT2D eigenvalue weighted by molar-refractivity contribution is -0.385. The molecule has 1 N–H and O–H groups in total. The van der Waals surface area contributed by atoms with Crippen LogP contribution in [0.2, 0.25) is 0 Å². The number of nitro benzene ring substituents is 1. The molecule has 0 atom stereocenters. The van der Waals surface area contributed by atoms with Gasteiger partial charge in [0.1, 0.15) is 6.61 Å². The Kier molecular flexibility index (Phi) is 5.42. The average molecular weight is 238 g/mol. The first-order valence-corrected chi connectivity index (χ1v) is 5.74. The van der Waals surface area contributed by atoms with Crippen LogP contribution in [-0.2, 0) is 0 Å². The summed E-state index contributed by atoms with van der Waals surface area (Å²) < 4.78 is 5.47. The molecule has 0 heterocycles. The van der Waals surface area contributed by atoms with Crippen molar-refractivity contribution in [2.75, 3.05) is 19.7 Å². The fourth-order valence-corrected chi connectivity index (χ4v) is 1.50. The number of nitrogens with zero attached hydrogens (tertiary/aromatic N) is 1. The maximum Gasteiger partial charge on any atom is 0.311 e. The van der Waals surface area contributed by atoms with E-state index in [-0.39, 0.29) is 5.69 Å². The number of ether oxygens (including phenoxy) is 1. The van der Waals surface area contributed by atoms with Crippen molar-refractivity contribution < 1.29 is 9.66 Å². The molecule has 0 spiro atoms. The molecule has 5 heteroatoms. The largest absolute Gasteiger partial charge is 0.485 e. The number of para-hydroxylation sites is 1. The van der Waals surface area contributed by atoms with Crippen LogP contribution in [-0.4, -0.2) is 24.6 Å². The van der Waals surface area contributed by atoms with E-state index in [1.807, 2.05) is 13.0 Å². The number of nitrogens with one attached hydrogen (secondary N) is 1. The van der Waals surface area contributed by atoms with E-state index in [4.69, 9.17) is 4.74 Å². The first-order valence-electron chi connectivity index (χ1n) is 5.74. The van der Waals surface area contributed by atoms with Gasteiger partial charge in [-0.1, -0.05) is 19.1 Å². The summed E-state index contributed by atoms with van der Waals surface area (Å²) >= 11 is 0. The average Bonchev–Trinajstić information content (AvgIpc) is 2.30. The molecule has 0 aliphatic rings. The zero-order valence-corrected chi connectivity index (χ0v) is 10.2. The van der Waals surface area contributed by atoms with Gasteiger partial charge in [-0.25, -0.2) is 0 Å². The number of hydrogen-bond donors (Lipinski definition) is 1. The molecule has 0 radical (unpaired) electrons. The molecule has 0 fully saturated rings. The van der Waals surface area contributed by atoms with Crippen LogP contribution in [0.15, 0.2) is 18.2 Å². The van der Waals surface area contributed by atoms with E-state index >= 15 is 0 Å². The summed E-state index contributed by atoms with van der Waals surface area (Å²) in [6.07, 6.45) is 1.06. The Labute approximate surface area is 101 Å². The van der Waals surface area contributed by atoms with Crippen LogP contribution in [0.1, 0.15) is 18.9 Å². The fraction of sp³-hybridized carbons (Fsp3) is 0.500. The smallest absolute Gasteiger partial charge is 0.311 e. The van der Waals surface area contributed by atoms with Crippen LogP contribution in [0.3, 0.4) is 0 Å². The highest BCUT2D eigenvalue weighted by atomic mass is 16.6. The predicted octanol–water partition coefficient (Wildman–Crippen LogP) is 2.28. The molecule has 0 bridgehead atoms. The third kappa shape index (κ3) is 4.03. The normalized spacial score (nSPS) is 10.2. The summed E-state index contributed by atoms with van der Waals surface area (Å²) in [5, 5.41) is 14.0. The lowest BCUT2D eigenvalue weighted by Gasteiger charge is -2.09. The van der Waals surface area contributed by atoms with Crippen LogP contribution >= 0.6 is 0 Å². The Bertz CT molecular complexity index is 380. The van der Waals surface area contributed by atoms with Gasteiger partial charge < -0.3 is 10.1 Å². The standard InChI is InChI=1S/C12H18N2O3/c1-3-7-13-8-9-17-12-10(2)5-4-6-11(12)14(15)16/h4-6,13H,3,7-9H2,1-2H3. The monoisotopic (exact) mass is 238 g/mol. The van der Waals surface area contributed by atoms with Crippen LogP contribution < -0.4 is 10.1 Å². The molecule has 0 aliphatic carbocycles. The highest BCUT2D eigenvalue weighted by molar-refractivity contribution is 5.51. The van der Waals surface area contributed by atoms with Gasteiger partial charge in [-0.3, -0.25) is 10.1 Å². The molecule has 0 amide bonds. The lowest BCUT2D eigenvalue weighted by atomic mass is 10.2. The number of benzene rings is 1. The molecule has 94 valence electrons. The van der Waals surface area contributed by atoms with Gasteiger partial charge >= 0.3 is 5.69 Å². The van der Waals surface area contributed by atoms with Crippen molar-refractivity contribution in [1.82, 2.24) is 5.32 Å². The molecule has 0 saturated carbocycles. The Hall–Kier alpha value is -1.62. The van der Waals surface area contributed by atoms with Gasteiger partial charge in [-0.2, -0.15) is 0 Å². The van der Waals surface area contributed by atoms with Gasteiger partial charge in [0.2, 0.25) is 0 Å². The van der Waals surface area contributed by atoms with E-state index in [1.54, 1.807) is 6.07 Å². The molecule has 1 aromatic carbocycles. The Morgan fingerprint density at radius 3 is 2.82 bits per heavy atom. The first kappa shape index (κ1) is 13.4. The van der Waals surface area contributed by atoms with E-state index in [0.717, 1.165) is 18.5 Å². The fourth-order valence-electron chi connectivity index (χ4n) is 1.50. The molecule has 0 saturated heterocycles. The summed E-state index contributed by atoms with van der Waals surface area (Å²) in [6.45, 7) is 5.95. The highest BCUT2D eigenvalue weighted by Crippen LogP contribution is 2.29. The number of aryl methyl sites for hydroxylation is 1. The SMILES string of the molecule is CCCNCCOc1c(C)cccc1[N+](=O)[O-]. The lowest BCUT2D eigenvalue weighted by Crippen LogP contribution is -2.21. The zero-order valence-electron chi connectivity index (χ0n) is 10.2. The predicted molar refractivity (Wildman–Crippen MR) is 66.5 cm³/mol. The van der Waals surface area contributed by atoms with Crippen molar-refractivity contribution in [3.63, 3.8) is 0 Å². The van der Waals surface area contributed by atoms with Crippen LogP contribution in [0.5, 0.6) is 5.75 Å². The van der Waals surface area contributed by atoms with Crippen molar-refractivity contribution in [1.29, 1.82) is 0 Å². The van der Waals surface area contributed by atoms with Gasteiger partial charge in [-0.15, -0.1) is 0 Å². The van der Waals surface area contributed by atoms with Crippen molar-refractivity contribution in [2.45, 2.75) is 20.3 Å². The summed E-state index contributed by atoms with van der Waals surface area (Å²) in [5.74, 6) is 0.371. The van der Waals surface area contributed by atoms with Crippen molar-refractivity contribution >= 4 is 5.69 Å². The zero-order chi connectivity index (χ0) is 12.7. The third-order valence-corrected chi connectivity index (χ3v) is 2.34. The van der Waals surface area contributed by atoms with Crippen molar-refractivity contribution in [3.05, 3.63) is 33.9 Å². The summed E-state index contributed by atoms with van der Waals surface area (Å²) in [6, 6.07) is 4.93. The van der Waals surface area contributed by atoms with E-state index in [9.17, 15) is 10.1 Å². The highest BCUT2D eigenvalue weighted by Gasteiger charge is 2.16. The van der Waals surface area contributed by atoms with Crippen LogP contribution in [0.25, 0.3) is 0 Å². The second-order valence-electron chi connectivity index (χ2n) is 3.78. The number of rotatable bonds is 7. The van der Waals surface area contributed by atoms with Crippen LogP contribution in [0.4, 0.5) is 5.69 Å². The Morgan fingerprint density at radius 1 is 1.41 bits per heavy atom. The Balaban J connectivity index is 2.60. The Morgan fingerprint density at radius 2 is 2.18 bits per heavy atom. The minimum atomic E-state index is -0.415. The maximum absolute atomic E-state index is 10.8. The molecular formula is C12H18N2O3. The van der Waals surface area contributed by atoms with E-state index in [1.165, 1.54) is 6.07 Å². The van der Waals surface area contributed by atoms with Gasteiger partial charge in [0.25, 0.3) is 0 Å². The van der Waals surface area contributed by atoms with Crippen molar-refractivity contribution in [3.8, 4) is 5.75 Å². The van der Waals surface area contributed by atoms with E-state index < -0.39 is 4.92 Å². The molecule has 5 nitrogen and oxygen atoms in total. The van der Waals surface area contributed by atoms with E-state index in [2.05, 4.69) is 12.2 Å². The molecule has 0 aliphatic heterocycles. The minimum Gasteiger partial charge on any atom is -0.485 e. The minimum absolute atomic E-state index is 0.0282. The summed E-state index contributed by atoms with van der Waals surface area (Å²) in [4.78, 5) is 10.4. The van der Waals surface area contributed by atoms with Gasteiger partial charge in [0, 0.05) is 12.6 Å². The van der Waals surface area contributed by atoms with Gasteiger partial charge in [-0.05, 0) is 25.5 Å². The number of hydrogen-bond acceptors (Lipinski definition) is 4. The molecule has 1 aromatic rings. The second kappa shape index (κ2) is 6.85. The molecular weight excluding hydrogens is 220 g/mol. The maximum atomic E-state index is 10.8. The number of nitro groups is 1. The molecule has 17 heavy (non-hydrogen) atoms. The quantitative estimate of drug-likeness (QED) is 0.449.